The summed E-state index contributed by atoms with van der Waals surface area (Å²) in [5.41, 5.74) is 5.16. The summed E-state index contributed by atoms with van der Waals surface area (Å²) in [6.07, 6.45) is 4.75. The lowest BCUT2D eigenvalue weighted by molar-refractivity contribution is 0.234. The number of amides is 2. The van der Waals surface area contributed by atoms with E-state index in [0.717, 1.165) is 26.2 Å². The van der Waals surface area contributed by atoms with Gasteiger partial charge < -0.3 is 21.7 Å². The van der Waals surface area contributed by atoms with Crippen molar-refractivity contribution in [3.63, 3.8) is 0 Å². The number of nitrogens with two attached hydrogens (primary N) is 1. The fourth-order valence-electron chi connectivity index (χ4n) is 1.87. The van der Waals surface area contributed by atoms with E-state index in [1.807, 2.05) is 0 Å². The molecule has 114 valence electrons. The van der Waals surface area contributed by atoms with E-state index in [1.165, 1.54) is 25.7 Å². The molecule has 2 amide bonds. The minimum Gasteiger partial charge on any atom is -0.352 e. The Kier molecular flexibility index (Phi) is 10.6. The van der Waals surface area contributed by atoms with Crippen LogP contribution in [0.25, 0.3) is 0 Å². The first-order valence-electron chi connectivity index (χ1n) is 7.49. The topological polar surface area (TPSA) is 79.2 Å². The zero-order chi connectivity index (χ0) is 14.6. The molecule has 0 saturated heterocycles. The number of carbonyl (C=O) groups excluding carboxylic acids is 1. The molecule has 0 fully saturated rings. The van der Waals surface area contributed by atoms with Crippen LogP contribution in [0.2, 0.25) is 0 Å². The number of primary amides is 1. The molecule has 5 nitrogen and oxygen atoms in total. The highest BCUT2D eigenvalue weighted by Gasteiger charge is 2.23. The molecule has 0 aromatic rings. The van der Waals surface area contributed by atoms with Gasteiger partial charge in [-0.1, -0.05) is 33.6 Å². The van der Waals surface area contributed by atoms with Gasteiger partial charge in [0.2, 0.25) is 0 Å². The SMILES string of the molecule is CCCCNCC(C)(CNCCCC)CNC(N)=O. The minimum absolute atomic E-state index is 0.00346. The maximum Gasteiger partial charge on any atom is 0.312 e. The first-order valence-corrected chi connectivity index (χ1v) is 7.49. The highest BCUT2D eigenvalue weighted by atomic mass is 16.2. The molecule has 0 unspecified atom stereocenters. The third-order valence-corrected chi connectivity index (χ3v) is 3.21. The van der Waals surface area contributed by atoms with Gasteiger partial charge in [0.1, 0.15) is 0 Å². The van der Waals surface area contributed by atoms with Crippen LogP contribution in [0.15, 0.2) is 0 Å². The van der Waals surface area contributed by atoms with Crippen molar-refractivity contribution in [1.29, 1.82) is 0 Å². The summed E-state index contributed by atoms with van der Waals surface area (Å²) in [5.74, 6) is 0. The van der Waals surface area contributed by atoms with Crippen molar-refractivity contribution < 1.29 is 4.79 Å². The normalized spacial score (nSPS) is 11.5. The van der Waals surface area contributed by atoms with Crippen LogP contribution in [0, 0.1) is 5.41 Å². The molecule has 0 aliphatic heterocycles. The average Bonchev–Trinajstić information content (AvgIpc) is 2.38. The van der Waals surface area contributed by atoms with Gasteiger partial charge in [-0.3, -0.25) is 0 Å². The Morgan fingerprint density at radius 3 is 1.84 bits per heavy atom. The van der Waals surface area contributed by atoms with Crippen LogP contribution in [0.5, 0.6) is 0 Å². The van der Waals surface area contributed by atoms with Crippen LogP contribution in [0.4, 0.5) is 4.79 Å². The summed E-state index contributed by atoms with van der Waals surface area (Å²) in [6.45, 7) is 10.9. The number of hydrogen-bond acceptors (Lipinski definition) is 3. The highest BCUT2D eigenvalue weighted by molar-refractivity contribution is 5.71. The maximum absolute atomic E-state index is 10.9. The third-order valence-electron chi connectivity index (χ3n) is 3.21. The van der Waals surface area contributed by atoms with Gasteiger partial charge in [0, 0.05) is 25.0 Å². The lowest BCUT2D eigenvalue weighted by atomic mass is 9.90. The number of nitrogens with one attached hydrogen (secondary N) is 3. The number of carbonyl (C=O) groups is 1. The Morgan fingerprint density at radius 2 is 1.47 bits per heavy atom. The molecule has 19 heavy (non-hydrogen) atoms. The Labute approximate surface area is 118 Å². The summed E-state index contributed by atoms with van der Waals surface area (Å²) in [5, 5.41) is 9.65. The van der Waals surface area contributed by atoms with E-state index in [0.29, 0.717) is 6.54 Å². The molecule has 0 saturated carbocycles. The second-order valence-corrected chi connectivity index (χ2v) is 5.59. The fourth-order valence-corrected chi connectivity index (χ4v) is 1.87. The minimum atomic E-state index is -0.451. The summed E-state index contributed by atoms with van der Waals surface area (Å²) < 4.78 is 0. The molecule has 0 radical (unpaired) electrons. The second-order valence-electron chi connectivity index (χ2n) is 5.59. The number of rotatable bonds is 12. The second kappa shape index (κ2) is 11.1. The van der Waals surface area contributed by atoms with Crippen molar-refractivity contribution in [2.75, 3.05) is 32.7 Å². The number of hydrogen-bond donors (Lipinski definition) is 4. The van der Waals surface area contributed by atoms with Gasteiger partial charge in [-0.25, -0.2) is 4.79 Å². The molecule has 0 aliphatic carbocycles. The molecule has 0 heterocycles. The number of urea groups is 1. The largest absolute Gasteiger partial charge is 0.352 e. The van der Waals surface area contributed by atoms with Crippen molar-refractivity contribution in [1.82, 2.24) is 16.0 Å². The smallest absolute Gasteiger partial charge is 0.312 e. The lowest BCUT2D eigenvalue weighted by Crippen LogP contribution is -2.49. The first-order chi connectivity index (χ1) is 9.04. The van der Waals surface area contributed by atoms with Crippen molar-refractivity contribution in [2.45, 2.75) is 46.5 Å². The molecule has 0 aromatic carbocycles. The van der Waals surface area contributed by atoms with Crippen LogP contribution < -0.4 is 21.7 Å². The summed E-state index contributed by atoms with van der Waals surface area (Å²) in [7, 11) is 0. The van der Waals surface area contributed by atoms with Crippen molar-refractivity contribution in [2.24, 2.45) is 11.1 Å². The van der Waals surface area contributed by atoms with Crippen LogP contribution in [0.1, 0.15) is 46.5 Å². The van der Waals surface area contributed by atoms with Crippen molar-refractivity contribution in [3.05, 3.63) is 0 Å². The van der Waals surface area contributed by atoms with Gasteiger partial charge in [-0.05, 0) is 25.9 Å². The van der Waals surface area contributed by atoms with Crippen LogP contribution in [-0.2, 0) is 0 Å². The Bertz CT molecular complexity index is 221. The molecule has 0 rings (SSSR count). The van der Waals surface area contributed by atoms with Gasteiger partial charge in [0.15, 0.2) is 0 Å². The zero-order valence-corrected chi connectivity index (χ0v) is 12.8. The van der Waals surface area contributed by atoms with E-state index >= 15 is 0 Å². The molecular formula is C14H32N4O. The van der Waals surface area contributed by atoms with E-state index in [1.54, 1.807) is 0 Å². The highest BCUT2D eigenvalue weighted by Crippen LogP contribution is 2.12. The van der Waals surface area contributed by atoms with Crippen LogP contribution in [-0.4, -0.2) is 38.8 Å². The summed E-state index contributed by atoms with van der Waals surface area (Å²) in [4.78, 5) is 10.9. The van der Waals surface area contributed by atoms with Gasteiger partial charge in [0.05, 0.1) is 0 Å². The molecule has 0 bridgehead atoms. The first kappa shape index (κ1) is 18.2. The lowest BCUT2D eigenvalue weighted by Gasteiger charge is -2.30. The van der Waals surface area contributed by atoms with E-state index in [9.17, 15) is 4.79 Å². The quantitative estimate of drug-likeness (QED) is 0.406. The van der Waals surface area contributed by atoms with Gasteiger partial charge in [0.25, 0.3) is 0 Å². The van der Waals surface area contributed by atoms with Crippen molar-refractivity contribution in [3.8, 4) is 0 Å². The van der Waals surface area contributed by atoms with Gasteiger partial charge >= 0.3 is 6.03 Å². The molecular weight excluding hydrogens is 240 g/mol. The van der Waals surface area contributed by atoms with Crippen LogP contribution >= 0.6 is 0 Å². The molecule has 0 aliphatic rings. The molecule has 0 aromatic heterocycles. The summed E-state index contributed by atoms with van der Waals surface area (Å²) in [6, 6.07) is -0.451. The van der Waals surface area contributed by atoms with Crippen molar-refractivity contribution >= 4 is 6.03 Å². The van der Waals surface area contributed by atoms with Gasteiger partial charge in [-0.15, -0.1) is 0 Å². The third kappa shape index (κ3) is 10.8. The predicted molar refractivity (Wildman–Crippen MR) is 81.2 cm³/mol. The maximum atomic E-state index is 10.9. The van der Waals surface area contributed by atoms with E-state index in [-0.39, 0.29) is 5.41 Å². The predicted octanol–water partition coefficient (Wildman–Crippen LogP) is 1.44. The van der Waals surface area contributed by atoms with E-state index < -0.39 is 6.03 Å². The Morgan fingerprint density at radius 1 is 1.00 bits per heavy atom. The van der Waals surface area contributed by atoms with Crippen LogP contribution in [0.3, 0.4) is 0 Å². The molecule has 5 heteroatoms. The van der Waals surface area contributed by atoms with E-state index in [2.05, 4.69) is 36.7 Å². The Balaban J connectivity index is 4.07. The molecule has 0 atom stereocenters. The zero-order valence-electron chi connectivity index (χ0n) is 12.8. The number of unbranched alkanes of at least 4 members (excludes halogenated alkanes) is 2. The standard InChI is InChI=1S/C14H32N4O/c1-4-6-8-16-10-14(3,12-18-13(15)19)11-17-9-7-5-2/h16-17H,4-12H2,1-3H3,(H3,15,18,19). The van der Waals surface area contributed by atoms with Gasteiger partial charge in [-0.2, -0.15) is 0 Å². The van der Waals surface area contributed by atoms with E-state index in [4.69, 9.17) is 5.73 Å². The molecule has 0 spiro atoms. The average molecular weight is 272 g/mol. The Hall–Kier alpha value is -0.810. The molecule has 5 N–H and O–H groups in total. The monoisotopic (exact) mass is 272 g/mol. The fraction of sp³-hybridized carbons (Fsp3) is 0.929. The summed E-state index contributed by atoms with van der Waals surface area (Å²) >= 11 is 0.